The van der Waals surface area contributed by atoms with Crippen molar-refractivity contribution in [2.75, 3.05) is 13.7 Å². The van der Waals surface area contributed by atoms with E-state index in [1.54, 1.807) is 0 Å². The van der Waals surface area contributed by atoms with Gasteiger partial charge in [-0.3, -0.25) is 4.79 Å². The van der Waals surface area contributed by atoms with E-state index in [0.717, 1.165) is 12.8 Å². The zero-order valence-corrected chi connectivity index (χ0v) is 13.5. The van der Waals surface area contributed by atoms with E-state index in [4.69, 9.17) is 9.26 Å². The third kappa shape index (κ3) is 4.51. The number of carboxylic acid groups (broad SMARTS) is 1. The number of amides is 1. The smallest absolute Gasteiger partial charge is 0.326 e. The van der Waals surface area contributed by atoms with Crippen LogP contribution in [0.1, 0.15) is 44.3 Å². The molecule has 1 aromatic heterocycles. The highest BCUT2D eigenvalue weighted by atomic mass is 16.5. The molecule has 1 saturated heterocycles. The standard InChI is InChI=1S/C15H23N3O5/c1-3-5-12-16-13(23-17-12)6-4-7-14(19)18-9-10(22-2)8-11(18)15(20)21/h10-11H,3-9H2,1-2H3,(H,20,21). The number of aromatic nitrogens is 2. The van der Waals surface area contributed by atoms with Crippen LogP contribution in [0, 0.1) is 0 Å². The van der Waals surface area contributed by atoms with Crippen LogP contribution in [0.25, 0.3) is 0 Å². The van der Waals surface area contributed by atoms with E-state index in [-0.39, 0.29) is 18.4 Å². The molecule has 1 N–H and O–H groups in total. The number of carbonyl (C=O) groups excluding carboxylic acids is 1. The lowest BCUT2D eigenvalue weighted by molar-refractivity contribution is -0.148. The fourth-order valence-electron chi connectivity index (χ4n) is 2.73. The number of methoxy groups -OCH3 is 1. The van der Waals surface area contributed by atoms with Crippen molar-refractivity contribution in [2.24, 2.45) is 0 Å². The summed E-state index contributed by atoms with van der Waals surface area (Å²) in [6.07, 6.45) is 3.16. The monoisotopic (exact) mass is 325 g/mol. The minimum Gasteiger partial charge on any atom is -0.480 e. The highest BCUT2D eigenvalue weighted by Gasteiger charge is 2.39. The normalized spacial score (nSPS) is 20.9. The average Bonchev–Trinajstić information content (AvgIpc) is 3.14. The van der Waals surface area contributed by atoms with Crippen LogP contribution in [0.2, 0.25) is 0 Å². The summed E-state index contributed by atoms with van der Waals surface area (Å²) in [6.45, 7) is 2.37. The van der Waals surface area contributed by atoms with Crippen molar-refractivity contribution in [2.45, 2.75) is 57.6 Å². The zero-order valence-electron chi connectivity index (χ0n) is 13.5. The van der Waals surface area contributed by atoms with Gasteiger partial charge in [-0.1, -0.05) is 12.1 Å². The van der Waals surface area contributed by atoms with Crippen LogP contribution in [-0.2, 0) is 27.2 Å². The molecule has 1 aromatic rings. The fourth-order valence-corrected chi connectivity index (χ4v) is 2.73. The largest absolute Gasteiger partial charge is 0.480 e. The lowest BCUT2D eigenvalue weighted by Crippen LogP contribution is -2.40. The Kier molecular flexibility index (Phi) is 6.09. The summed E-state index contributed by atoms with van der Waals surface area (Å²) in [5.74, 6) is 0.0405. The van der Waals surface area contributed by atoms with Gasteiger partial charge in [0.1, 0.15) is 6.04 Å². The van der Waals surface area contributed by atoms with Crippen molar-refractivity contribution in [3.8, 4) is 0 Å². The first-order valence-corrected chi connectivity index (χ1v) is 7.91. The van der Waals surface area contributed by atoms with Crippen molar-refractivity contribution in [3.63, 3.8) is 0 Å². The van der Waals surface area contributed by atoms with Crippen LogP contribution in [0.15, 0.2) is 4.52 Å². The molecule has 0 spiro atoms. The third-order valence-electron chi connectivity index (χ3n) is 3.97. The molecule has 0 saturated carbocycles. The van der Waals surface area contributed by atoms with Crippen molar-refractivity contribution in [1.29, 1.82) is 0 Å². The van der Waals surface area contributed by atoms with Gasteiger partial charge in [0.05, 0.1) is 6.10 Å². The summed E-state index contributed by atoms with van der Waals surface area (Å²) in [4.78, 5) is 29.2. The number of hydrogen-bond donors (Lipinski definition) is 1. The number of rotatable bonds is 8. The molecule has 2 atom stereocenters. The second-order valence-corrected chi connectivity index (χ2v) is 5.70. The van der Waals surface area contributed by atoms with Gasteiger partial charge in [-0.15, -0.1) is 0 Å². The predicted octanol–water partition coefficient (Wildman–Crippen LogP) is 1.05. The molecule has 2 heterocycles. The molecule has 1 amide bonds. The molecule has 8 nitrogen and oxygen atoms in total. The van der Waals surface area contributed by atoms with Gasteiger partial charge in [-0.05, 0) is 12.8 Å². The molecular weight excluding hydrogens is 302 g/mol. The first-order valence-electron chi connectivity index (χ1n) is 7.91. The highest BCUT2D eigenvalue weighted by Crippen LogP contribution is 2.21. The van der Waals surface area contributed by atoms with Gasteiger partial charge >= 0.3 is 5.97 Å². The quantitative estimate of drug-likeness (QED) is 0.761. The minimum absolute atomic E-state index is 0.176. The molecule has 2 unspecified atom stereocenters. The Morgan fingerprint density at radius 1 is 1.43 bits per heavy atom. The summed E-state index contributed by atoms with van der Waals surface area (Å²) in [5, 5.41) is 13.1. The Bertz CT molecular complexity index is 545. The number of ether oxygens (including phenoxy) is 1. The van der Waals surface area contributed by atoms with Crippen molar-refractivity contribution < 1.29 is 24.0 Å². The molecule has 1 aliphatic rings. The lowest BCUT2D eigenvalue weighted by atomic mass is 10.2. The summed E-state index contributed by atoms with van der Waals surface area (Å²) >= 11 is 0. The van der Waals surface area contributed by atoms with E-state index in [1.807, 2.05) is 6.92 Å². The van der Waals surface area contributed by atoms with Crippen LogP contribution in [0.3, 0.4) is 0 Å². The summed E-state index contributed by atoms with van der Waals surface area (Å²) in [6, 6.07) is -0.799. The topological polar surface area (TPSA) is 106 Å². The first-order chi connectivity index (χ1) is 11.0. The molecule has 8 heteroatoms. The molecule has 0 aromatic carbocycles. The maximum Gasteiger partial charge on any atom is 0.326 e. The second-order valence-electron chi connectivity index (χ2n) is 5.70. The van der Waals surface area contributed by atoms with E-state index in [0.29, 0.717) is 37.5 Å². The summed E-state index contributed by atoms with van der Waals surface area (Å²) in [5.41, 5.74) is 0. The van der Waals surface area contributed by atoms with E-state index in [1.165, 1.54) is 12.0 Å². The Hall–Kier alpha value is -1.96. The Balaban J connectivity index is 1.82. The number of aryl methyl sites for hydroxylation is 2. The van der Waals surface area contributed by atoms with Gasteiger partial charge < -0.3 is 19.3 Å². The molecule has 128 valence electrons. The molecular formula is C15H23N3O5. The van der Waals surface area contributed by atoms with Crippen molar-refractivity contribution in [1.82, 2.24) is 15.0 Å². The van der Waals surface area contributed by atoms with Gasteiger partial charge in [0.25, 0.3) is 0 Å². The SMILES string of the molecule is CCCc1noc(CCCC(=O)N2CC(OC)CC2C(=O)O)n1. The number of hydrogen-bond acceptors (Lipinski definition) is 6. The Morgan fingerprint density at radius 2 is 2.22 bits per heavy atom. The molecule has 23 heavy (non-hydrogen) atoms. The van der Waals surface area contributed by atoms with E-state index < -0.39 is 12.0 Å². The van der Waals surface area contributed by atoms with Gasteiger partial charge in [0, 0.05) is 39.3 Å². The number of likely N-dealkylation sites (tertiary alicyclic amines) is 1. The van der Waals surface area contributed by atoms with Gasteiger partial charge in [0.2, 0.25) is 11.8 Å². The highest BCUT2D eigenvalue weighted by molar-refractivity contribution is 5.84. The van der Waals surface area contributed by atoms with E-state index in [9.17, 15) is 14.7 Å². The van der Waals surface area contributed by atoms with Crippen LogP contribution in [-0.4, -0.2) is 57.8 Å². The Morgan fingerprint density at radius 3 is 2.87 bits per heavy atom. The predicted molar refractivity (Wildman–Crippen MR) is 79.8 cm³/mol. The zero-order chi connectivity index (χ0) is 16.8. The van der Waals surface area contributed by atoms with Gasteiger partial charge in [-0.2, -0.15) is 4.98 Å². The lowest BCUT2D eigenvalue weighted by Gasteiger charge is -2.21. The number of nitrogens with zero attached hydrogens (tertiary/aromatic N) is 3. The maximum atomic E-state index is 12.3. The molecule has 0 bridgehead atoms. The first kappa shape index (κ1) is 17.4. The van der Waals surface area contributed by atoms with Gasteiger partial charge in [-0.25, -0.2) is 4.79 Å². The average molecular weight is 325 g/mol. The summed E-state index contributed by atoms with van der Waals surface area (Å²) < 4.78 is 10.3. The van der Waals surface area contributed by atoms with E-state index in [2.05, 4.69) is 10.1 Å². The van der Waals surface area contributed by atoms with Crippen LogP contribution < -0.4 is 0 Å². The summed E-state index contributed by atoms with van der Waals surface area (Å²) in [7, 11) is 1.53. The van der Waals surface area contributed by atoms with Crippen LogP contribution in [0.5, 0.6) is 0 Å². The van der Waals surface area contributed by atoms with Crippen molar-refractivity contribution in [3.05, 3.63) is 11.7 Å². The molecule has 0 radical (unpaired) electrons. The van der Waals surface area contributed by atoms with Gasteiger partial charge in [0.15, 0.2) is 5.82 Å². The second kappa shape index (κ2) is 8.05. The Labute approximate surface area is 134 Å². The van der Waals surface area contributed by atoms with Crippen LogP contribution >= 0.6 is 0 Å². The molecule has 2 rings (SSSR count). The number of aliphatic carboxylic acids is 1. The number of carbonyl (C=O) groups is 2. The van der Waals surface area contributed by atoms with Crippen molar-refractivity contribution >= 4 is 11.9 Å². The maximum absolute atomic E-state index is 12.3. The molecule has 1 fully saturated rings. The minimum atomic E-state index is -0.987. The molecule has 1 aliphatic heterocycles. The van der Waals surface area contributed by atoms with E-state index >= 15 is 0 Å². The van der Waals surface area contributed by atoms with Crippen LogP contribution in [0.4, 0.5) is 0 Å². The molecule has 0 aliphatic carbocycles. The number of carboxylic acids is 1. The fraction of sp³-hybridized carbons (Fsp3) is 0.733. The third-order valence-corrected chi connectivity index (χ3v) is 3.97.